The van der Waals surface area contributed by atoms with Gasteiger partial charge in [0.2, 0.25) is 0 Å². The molecule has 0 aliphatic rings. The van der Waals surface area contributed by atoms with Gasteiger partial charge in [0.1, 0.15) is 0 Å². The Morgan fingerprint density at radius 1 is 1.21 bits per heavy atom. The first-order chi connectivity index (χ1) is 8.88. The number of benzene rings is 1. The van der Waals surface area contributed by atoms with Gasteiger partial charge in [-0.25, -0.2) is 8.42 Å². The van der Waals surface area contributed by atoms with Crippen molar-refractivity contribution in [2.75, 3.05) is 12.9 Å². The van der Waals surface area contributed by atoms with E-state index in [9.17, 15) is 13.2 Å². The summed E-state index contributed by atoms with van der Waals surface area (Å²) in [7, 11) is -2.05. The van der Waals surface area contributed by atoms with Crippen molar-refractivity contribution >= 4 is 15.8 Å². The van der Waals surface area contributed by atoms with Crippen molar-refractivity contribution in [3.63, 3.8) is 0 Å². The Balaban J connectivity index is 2.70. The van der Waals surface area contributed by atoms with Gasteiger partial charge in [-0.2, -0.15) is 0 Å². The summed E-state index contributed by atoms with van der Waals surface area (Å²) in [4.78, 5) is 11.2. The molecule has 0 spiro atoms. The van der Waals surface area contributed by atoms with Crippen molar-refractivity contribution in [3.8, 4) is 0 Å². The normalized spacial score (nSPS) is 13.0. The van der Waals surface area contributed by atoms with E-state index in [0.29, 0.717) is 0 Å². The largest absolute Gasteiger partial charge is 0.469 e. The molecule has 0 fully saturated rings. The molecule has 0 saturated heterocycles. The number of esters is 1. The summed E-state index contributed by atoms with van der Waals surface area (Å²) in [6.45, 7) is 3.60. The molecule has 1 unspecified atom stereocenters. The lowest BCUT2D eigenvalue weighted by Crippen LogP contribution is -2.23. The molecular formula is C14H20O4S. The van der Waals surface area contributed by atoms with Gasteiger partial charge in [-0.1, -0.05) is 38.1 Å². The molecule has 0 bridgehead atoms. The number of ether oxygens (including phenoxy) is 1. The van der Waals surface area contributed by atoms with Crippen LogP contribution in [0.15, 0.2) is 24.3 Å². The summed E-state index contributed by atoms with van der Waals surface area (Å²) >= 11 is 0. The Labute approximate surface area is 114 Å². The quantitative estimate of drug-likeness (QED) is 0.749. The van der Waals surface area contributed by atoms with Gasteiger partial charge in [-0.3, -0.25) is 4.79 Å². The maximum atomic E-state index is 12.0. The van der Waals surface area contributed by atoms with Gasteiger partial charge in [0.15, 0.2) is 9.84 Å². The molecule has 19 heavy (non-hydrogen) atoms. The average molecular weight is 284 g/mol. The van der Waals surface area contributed by atoms with Crippen molar-refractivity contribution in [1.82, 2.24) is 0 Å². The lowest BCUT2D eigenvalue weighted by Gasteiger charge is -2.10. The molecule has 106 valence electrons. The van der Waals surface area contributed by atoms with Gasteiger partial charge in [0, 0.05) is 0 Å². The van der Waals surface area contributed by atoms with Gasteiger partial charge in [0.25, 0.3) is 0 Å². The molecule has 0 N–H and O–H groups in total. The van der Waals surface area contributed by atoms with Crippen LogP contribution in [0, 0.1) is 5.92 Å². The highest BCUT2D eigenvalue weighted by atomic mass is 32.2. The van der Waals surface area contributed by atoms with Gasteiger partial charge in [-0.15, -0.1) is 0 Å². The molecule has 0 radical (unpaired) electrons. The van der Waals surface area contributed by atoms with Crippen LogP contribution in [0.25, 0.3) is 0 Å². The number of methoxy groups -OCH3 is 1. The molecule has 0 aliphatic heterocycles. The number of carbonyl (C=O) groups is 1. The lowest BCUT2D eigenvalue weighted by atomic mass is 10.1. The van der Waals surface area contributed by atoms with E-state index in [1.54, 1.807) is 6.92 Å². The summed E-state index contributed by atoms with van der Waals surface area (Å²) in [5.74, 6) is -1.36. The van der Waals surface area contributed by atoms with Crippen LogP contribution < -0.4 is 0 Å². The van der Waals surface area contributed by atoms with E-state index in [0.717, 1.165) is 12.0 Å². The zero-order chi connectivity index (χ0) is 14.5. The highest BCUT2D eigenvalue weighted by molar-refractivity contribution is 7.90. The van der Waals surface area contributed by atoms with Crippen LogP contribution in [-0.4, -0.2) is 27.2 Å². The molecule has 0 amide bonds. The van der Waals surface area contributed by atoms with Gasteiger partial charge in [0.05, 0.1) is 24.5 Å². The van der Waals surface area contributed by atoms with E-state index in [1.807, 2.05) is 31.2 Å². The molecular weight excluding hydrogens is 264 g/mol. The zero-order valence-electron chi connectivity index (χ0n) is 11.5. The first-order valence-electron chi connectivity index (χ1n) is 6.24. The number of hydrogen-bond donors (Lipinski definition) is 0. The van der Waals surface area contributed by atoms with Gasteiger partial charge >= 0.3 is 5.97 Å². The third-order valence-corrected chi connectivity index (χ3v) is 4.71. The smallest absolute Gasteiger partial charge is 0.309 e. The monoisotopic (exact) mass is 284 g/mol. The second-order valence-electron chi connectivity index (χ2n) is 4.65. The molecule has 0 saturated carbocycles. The SMILES string of the molecule is CCc1ccc(CS(=O)(=O)CC(C)C(=O)OC)cc1. The summed E-state index contributed by atoms with van der Waals surface area (Å²) in [6.07, 6.45) is 0.923. The van der Waals surface area contributed by atoms with Crippen LogP contribution in [0.5, 0.6) is 0 Å². The van der Waals surface area contributed by atoms with Crippen LogP contribution in [0.1, 0.15) is 25.0 Å². The predicted octanol–water partition coefficient (Wildman–Crippen LogP) is 1.97. The molecule has 1 aromatic carbocycles. The minimum Gasteiger partial charge on any atom is -0.469 e. The van der Waals surface area contributed by atoms with Crippen molar-refractivity contribution in [2.45, 2.75) is 26.0 Å². The molecule has 0 heterocycles. The number of carbonyl (C=O) groups excluding carboxylic acids is 1. The van der Waals surface area contributed by atoms with Gasteiger partial charge in [-0.05, 0) is 17.5 Å². The fraction of sp³-hybridized carbons (Fsp3) is 0.500. The lowest BCUT2D eigenvalue weighted by molar-refractivity contribution is -0.144. The third kappa shape index (κ3) is 5.03. The topological polar surface area (TPSA) is 60.4 Å². The molecule has 5 heteroatoms. The Morgan fingerprint density at radius 3 is 2.21 bits per heavy atom. The molecule has 4 nitrogen and oxygen atoms in total. The summed E-state index contributed by atoms with van der Waals surface area (Å²) in [5.41, 5.74) is 1.92. The predicted molar refractivity (Wildman–Crippen MR) is 74.5 cm³/mol. The van der Waals surface area contributed by atoms with E-state index >= 15 is 0 Å². The highest BCUT2D eigenvalue weighted by Gasteiger charge is 2.22. The van der Waals surface area contributed by atoms with Crippen molar-refractivity contribution in [3.05, 3.63) is 35.4 Å². The van der Waals surface area contributed by atoms with E-state index in [4.69, 9.17) is 0 Å². The second-order valence-corrected chi connectivity index (χ2v) is 6.76. The van der Waals surface area contributed by atoms with E-state index < -0.39 is 21.7 Å². The third-order valence-electron chi connectivity index (χ3n) is 2.93. The average Bonchev–Trinajstić information content (AvgIpc) is 2.37. The zero-order valence-corrected chi connectivity index (χ0v) is 12.4. The minimum atomic E-state index is -3.31. The molecule has 0 aliphatic carbocycles. The first kappa shape index (κ1) is 15.7. The first-order valence-corrected chi connectivity index (χ1v) is 8.06. The molecule has 0 aromatic heterocycles. The maximum absolute atomic E-state index is 12.0. The summed E-state index contributed by atoms with van der Waals surface area (Å²) < 4.78 is 28.5. The second kappa shape index (κ2) is 6.70. The van der Waals surface area contributed by atoms with Crippen molar-refractivity contribution in [2.24, 2.45) is 5.92 Å². The van der Waals surface area contributed by atoms with Crippen molar-refractivity contribution in [1.29, 1.82) is 0 Å². The fourth-order valence-electron chi connectivity index (χ4n) is 1.83. The molecule has 1 atom stereocenters. The maximum Gasteiger partial charge on any atom is 0.309 e. The Morgan fingerprint density at radius 2 is 1.74 bits per heavy atom. The van der Waals surface area contributed by atoms with E-state index in [-0.39, 0.29) is 11.5 Å². The standard InChI is InChI=1S/C14H20O4S/c1-4-12-5-7-13(8-6-12)10-19(16,17)9-11(2)14(15)18-3/h5-8,11H,4,9-10H2,1-3H3. The highest BCUT2D eigenvalue weighted by Crippen LogP contribution is 2.12. The number of sulfone groups is 1. The number of aryl methyl sites for hydroxylation is 1. The van der Waals surface area contributed by atoms with Crippen LogP contribution in [0.4, 0.5) is 0 Å². The Hall–Kier alpha value is -1.36. The van der Waals surface area contributed by atoms with E-state index in [1.165, 1.54) is 12.7 Å². The Bertz CT molecular complexity index is 517. The minimum absolute atomic E-state index is 0.0433. The van der Waals surface area contributed by atoms with Crippen LogP contribution in [0.2, 0.25) is 0 Å². The van der Waals surface area contributed by atoms with Crippen molar-refractivity contribution < 1.29 is 17.9 Å². The van der Waals surface area contributed by atoms with Crippen LogP contribution in [0.3, 0.4) is 0 Å². The van der Waals surface area contributed by atoms with E-state index in [2.05, 4.69) is 4.74 Å². The molecule has 1 aromatic rings. The van der Waals surface area contributed by atoms with Crippen LogP contribution in [-0.2, 0) is 31.5 Å². The fourth-order valence-corrected chi connectivity index (χ4v) is 3.55. The number of hydrogen-bond acceptors (Lipinski definition) is 4. The summed E-state index contributed by atoms with van der Waals surface area (Å²) in [5, 5.41) is 0. The Kier molecular flexibility index (Phi) is 5.54. The van der Waals surface area contributed by atoms with Crippen LogP contribution >= 0.6 is 0 Å². The van der Waals surface area contributed by atoms with Gasteiger partial charge < -0.3 is 4.74 Å². The molecule has 1 rings (SSSR count). The summed E-state index contributed by atoms with van der Waals surface area (Å²) in [6, 6.07) is 7.49. The number of rotatable bonds is 6.